The largest absolute Gasteiger partial charge is 0.584 e. The maximum atomic E-state index is 12.7. The third-order valence-electron chi connectivity index (χ3n) is 4.34. The fraction of sp³-hybridized carbons (Fsp3) is 0.130. The summed E-state index contributed by atoms with van der Waals surface area (Å²) in [4.78, 5) is 34.1. The zero-order valence-electron chi connectivity index (χ0n) is 17.3. The fourth-order valence-electron chi connectivity index (χ4n) is 3.08. The van der Waals surface area contributed by atoms with E-state index in [1.807, 2.05) is 6.07 Å². The van der Waals surface area contributed by atoms with Crippen LogP contribution in [0.25, 0.3) is 0 Å². The average molecular weight is 439 g/mol. The second kappa shape index (κ2) is 9.16. The molecule has 1 amide bonds. The first kappa shape index (κ1) is 22.3. The number of aryl methyl sites for hydroxylation is 2. The normalized spacial score (nSPS) is 12.5. The Morgan fingerprint density at radius 3 is 2.13 bits per heavy atom. The molecule has 0 aliphatic heterocycles. The zero-order valence-corrected chi connectivity index (χ0v) is 18.2. The lowest BCUT2D eigenvalue weighted by Gasteiger charge is -2.18. The van der Waals surface area contributed by atoms with Gasteiger partial charge in [0.05, 0.1) is 0 Å². The Bertz CT molecular complexity index is 1150. The van der Waals surface area contributed by atoms with E-state index in [2.05, 4.69) is 5.32 Å². The van der Waals surface area contributed by atoms with Crippen molar-refractivity contribution in [1.29, 1.82) is 0 Å². The second-order valence-corrected chi connectivity index (χ2v) is 8.30. The summed E-state index contributed by atoms with van der Waals surface area (Å²) in [5, 5.41) is 2.57. The van der Waals surface area contributed by atoms with Gasteiger partial charge < -0.3 is 14.4 Å². The molecule has 1 atom stereocenters. The summed E-state index contributed by atoms with van der Waals surface area (Å²) in [6.45, 7) is 4.72. The predicted molar refractivity (Wildman–Crippen MR) is 118 cm³/mol. The minimum atomic E-state index is -4.54. The molecule has 1 unspecified atom stereocenters. The third-order valence-corrected chi connectivity index (χ3v) is 5.20. The number of hydrogen-bond acceptors (Lipinski definition) is 5. The Morgan fingerprint density at radius 2 is 1.52 bits per heavy atom. The van der Waals surface area contributed by atoms with Crippen LogP contribution in [-0.2, 0) is 9.36 Å². The van der Waals surface area contributed by atoms with Gasteiger partial charge in [-0.1, -0.05) is 36.4 Å². The van der Waals surface area contributed by atoms with Gasteiger partial charge in [-0.15, -0.1) is 0 Å². The van der Waals surface area contributed by atoms with Crippen LogP contribution >= 0.6 is 7.82 Å². The van der Waals surface area contributed by atoms with Crippen LogP contribution in [-0.4, -0.2) is 16.6 Å². The number of nitrogens with one attached hydrogen (secondary N) is 1. The van der Waals surface area contributed by atoms with Crippen molar-refractivity contribution >= 4 is 25.2 Å². The minimum Gasteiger partial charge on any atom is -0.395 e. The molecule has 0 aliphatic carbocycles. The number of amides is 1. The van der Waals surface area contributed by atoms with Gasteiger partial charge in [-0.2, -0.15) is 0 Å². The highest BCUT2D eigenvalue weighted by Crippen LogP contribution is 2.46. The Hall–Kier alpha value is -3.41. The maximum absolute atomic E-state index is 12.7. The quantitative estimate of drug-likeness (QED) is 0.395. The van der Waals surface area contributed by atoms with Crippen LogP contribution in [0.3, 0.4) is 0 Å². The van der Waals surface area contributed by atoms with E-state index >= 15 is 0 Å². The molecule has 3 aromatic carbocycles. The van der Waals surface area contributed by atoms with Crippen molar-refractivity contribution in [3.8, 4) is 11.5 Å². The van der Waals surface area contributed by atoms with Gasteiger partial charge in [-0.3, -0.25) is 14.5 Å². The fourth-order valence-corrected chi connectivity index (χ4v) is 4.02. The molecule has 0 aromatic heterocycles. The Kier molecular flexibility index (Phi) is 6.59. The van der Waals surface area contributed by atoms with E-state index in [1.54, 1.807) is 62.4 Å². The van der Waals surface area contributed by atoms with E-state index in [-0.39, 0.29) is 23.2 Å². The van der Waals surface area contributed by atoms with E-state index < -0.39 is 7.82 Å². The Balaban J connectivity index is 1.81. The van der Waals surface area contributed by atoms with Crippen molar-refractivity contribution in [2.45, 2.75) is 20.8 Å². The molecular weight excluding hydrogens is 417 g/mol. The number of carbonyl (C=O) groups is 2. The van der Waals surface area contributed by atoms with Crippen LogP contribution in [0.5, 0.6) is 11.5 Å². The number of rotatable bonds is 7. The SMILES string of the molecule is CC(=O)Nc1cccc(OP(=O)(O)Oc2c(C)cc(C(=O)c3ccccc3)cc2C)c1. The van der Waals surface area contributed by atoms with Crippen molar-refractivity contribution < 1.29 is 28.1 Å². The Morgan fingerprint density at radius 1 is 0.871 bits per heavy atom. The third kappa shape index (κ3) is 5.81. The smallest absolute Gasteiger partial charge is 0.395 e. The molecule has 8 heteroatoms. The molecule has 7 nitrogen and oxygen atoms in total. The standard InChI is InChI=1S/C23H22NO6P/c1-15-12-19(22(26)18-8-5-4-6-9-18)13-16(2)23(15)30-31(27,28)29-21-11-7-10-20(14-21)24-17(3)25/h4-14H,1-3H3,(H,24,25)(H,27,28). The first-order valence-electron chi connectivity index (χ1n) is 9.45. The molecule has 3 aromatic rings. The van der Waals surface area contributed by atoms with Crippen LogP contribution in [0, 0.1) is 13.8 Å². The summed E-state index contributed by atoms with van der Waals surface area (Å²) in [6.07, 6.45) is 0. The summed E-state index contributed by atoms with van der Waals surface area (Å²) in [5.74, 6) is -0.217. The molecule has 3 rings (SSSR count). The monoisotopic (exact) mass is 439 g/mol. The summed E-state index contributed by atoms with van der Waals surface area (Å²) >= 11 is 0. The molecule has 0 heterocycles. The summed E-state index contributed by atoms with van der Waals surface area (Å²) in [6, 6.07) is 18.1. The number of benzene rings is 3. The lowest BCUT2D eigenvalue weighted by atomic mass is 9.99. The van der Waals surface area contributed by atoms with Gasteiger partial charge in [-0.25, -0.2) is 4.57 Å². The highest BCUT2D eigenvalue weighted by atomic mass is 31.2. The van der Waals surface area contributed by atoms with E-state index in [4.69, 9.17) is 9.05 Å². The van der Waals surface area contributed by atoms with Gasteiger partial charge in [0.15, 0.2) is 5.78 Å². The molecule has 0 bridgehead atoms. The second-order valence-electron chi connectivity index (χ2n) is 6.99. The molecule has 0 radical (unpaired) electrons. The molecule has 0 spiro atoms. The van der Waals surface area contributed by atoms with Crippen LogP contribution in [0.1, 0.15) is 34.0 Å². The number of phosphoric ester groups is 1. The molecule has 2 N–H and O–H groups in total. The van der Waals surface area contributed by atoms with E-state index in [1.165, 1.54) is 19.1 Å². The predicted octanol–water partition coefficient (Wildman–Crippen LogP) is 5.05. The Labute approximate surface area is 180 Å². The number of hydrogen-bond donors (Lipinski definition) is 2. The van der Waals surface area contributed by atoms with E-state index in [9.17, 15) is 19.0 Å². The van der Waals surface area contributed by atoms with Crippen molar-refractivity contribution in [1.82, 2.24) is 0 Å². The molecule has 0 saturated heterocycles. The van der Waals surface area contributed by atoms with Crippen LogP contribution in [0.4, 0.5) is 5.69 Å². The van der Waals surface area contributed by atoms with E-state index in [0.29, 0.717) is 27.9 Å². The topological polar surface area (TPSA) is 102 Å². The van der Waals surface area contributed by atoms with Crippen molar-refractivity contribution in [3.05, 3.63) is 89.0 Å². The highest BCUT2D eigenvalue weighted by Gasteiger charge is 2.27. The highest BCUT2D eigenvalue weighted by molar-refractivity contribution is 7.48. The first-order chi connectivity index (χ1) is 14.6. The zero-order chi connectivity index (χ0) is 22.6. The van der Waals surface area contributed by atoms with Gasteiger partial charge in [-0.05, 0) is 49.2 Å². The van der Waals surface area contributed by atoms with Gasteiger partial charge in [0, 0.05) is 29.8 Å². The van der Waals surface area contributed by atoms with Gasteiger partial charge in [0.25, 0.3) is 0 Å². The molecule has 0 aliphatic rings. The van der Waals surface area contributed by atoms with Gasteiger partial charge >= 0.3 is 7.82 Å². The molecule has 0 saturated carbocycles. The first-order valence-corrected chi connectivity index (χ1v) is 10.9. The van der Waals surface area contributed by atoms with Crippen molar-refractivity contribution in [3.63, 3.8) is 0 Å². The van der Waals surface area contributed by atoms with Gasteiger partial charge in [0.1, 0.15) is 11.5 Å². The molecular formula is C23H22NO6P. The number of anilines is 1. The van der Waals surface area contributed by atoms with Crippen molar-refractivity contribution in [2.75, 3.05) is 5.32 Å². The molecule has 0 fully saturated rings. The summed E-state index contributed by atoms with van der Waals surface area (Å²) < 4.78 is 23.1. The summed E-state index contributed by atoms with van der Waals surface area (Å²) in [5.41, 5.74) is 2.45. The number of phosphoric acid groups is 1. The summed E-state index contributed by atoms with van der Waals surface area (Å²) in [7, 11) is -4.54. The number of carbonyl (C=O) groups excluding carboxylic acids is 2. The van der Waals surface area contributed by atoms with E-state index in [0.717, 1.165) is 0 Å². The lowest BCUT2D eigenvalue weighted by molar-refractivity contribution is -0.114. The van der Waals surface area contributed by atoms with Crippen LogP contribution in [0.15, 0.2) is 66.7 Å². The molecule has 31 heavy (non-hydrogen) atoms. The van der Waals surface area contributed by atoms with Gasteiger partial charge in [0.2, 0.25) is 5.91 Å². The van der Waals surface area contributed by atoms with Crippen molar-refractivity contribution in [2.24, 2.45) is 0 Å². The van der Waals surface area contributed by atoms with Crippen LogP contribution < -0.4 is 14.4 Å². The minimum absolute atomic E-state index is 0.0586. The van der Waals surface area contributed by atoms with Crippen LogP contribution in [0.2, 0.25) is 0 Å². The lowest BCUT2D eigenvalue weighted by Crippen LogP contribution is -2.07. The maximum Gasteiger partial charge on any atom is 0.584 e. The number of ketones is 1. The molecule has 160 valence electrons. The average Bonchev–Trinajstić information content (AvgIpc) is 2.70.